The molecule has 1 amide bonds. The number of nitrogens with zero attached hydrogens (tertiary/aromatic N) is 2. The second kappa shape index (κ2) is 5.91. The molecule has 0 bridgehead atoms. The standard InChI is InChI=1S/C16H23N3O2S/c1-10-17-12(9-22-10)16(20)18-13-11-5-8-21-15(11)14(13)19-6-3-2-4-7-19/h9,11,13-15H,2-8H2,1H3,(H,18,20)/t11-,13+,14-,15-/m1/s1. The predicted molar refractivity (Wildman–Crippen MR) is 85.2 cm³/mol. The summed E-state index contributed by atoms with van der Waals surface area (Å²) in [5, 5.41) is 6.04. The first-order valence-corrected chi connectivity index (χ1v) is 9.20. The van der Waals surface area contributed by atoms with E-state index in [-0.39, 0.29) is 11.9 Å². The van der Waals surface area contributed by atoms with E-state index in [1.807, 2.05) is 12.3 Å². The number of ether oxygens (including phenoxy) is 1. The minimum Gasteiger partial charge on any atom is -0.376 e. The highest BCUT2D eigenvalue weighted by molar-refractivity contribution is 7.09. The molecule has 1 aliphatic carbocycles. The Kier molecular flexibility index (Phi) is 3.92. The number of carbonyl (C=O) groups is 1. The molecule has 4 atom stereocenters. The quantitative estimate of drug-likeness (QED) is 0.923. The van der Waals surface area contributed by atoms with Gasteiger partial charge in [-0.05, 0) is 39.3 Å². The van der Waals surface area contributed by atoms with Crippen molar-refractivity contribution in [3.05, 3.63) is 16.1 Å². The first-order chi connectivity index (χ1) is 10.7. The minimum atomic E-state index is -0.0262. The van der Waals surface area contributed by atoms with Crippen LogP contribution in [-0.2, 0) is 4.74 Å². The number of likely N-dealkylation sites (tertiary alicyclic amines) is 1. The molecule has 0 unspecified atom stereocenters. The maximum atomic E-state index is 12.5. The molecule has 6 heteroatoms. The van der Waals surface area contributed by atoms with E-state index in [1.165, 1.54) is 30.6 Å². The summed E-state index contributed by atoms with van der Waals surface area (Å²) >= 11 is 1.53. The molecule has 3 heterocycles. The lowest BCUT2D eigenvalue weighted by molar-refractivity contribution is -0.0862. The molecule has 1 aromatic heterocycles. The van der Waals surface area contributed by atoms with Gasteiger partial charge < -0.3 is 10.1 Å². The zero-order valence-corrected chi connectivity index (χ0v) is 13.8. The van der Waals surface area contributed by atoms with Crippen molar-refractivity contribution in [1.82, 2.24) is 15.2 Å². The van der Waals surface area contributed by atoms with Crippen molar-refractivity contribution >= 4 is 17.2 Å². The molecular formula is C16H23N3O2S. The third kappa shape index (κ3) is 2.47. The lowest BCUT2D eigenvalue weighted by Gasteiger charge is -2.53. The Bertz CT molecular complexity index is 555. The number of thiazole rings is 1. The maximum Gasteiger partial charge on any atom is 0.271 e. The van der Waals surface area contributed by atoms with Gasteiger partial charge in [-0.3, -0.25) is 9.69 Å². The van der Waals surface area contributed by atoms with Crippen LogP contribution in [0.2, 0.25) is 0 Å². The van der Waals surface area contributed by atoms with Gasteiger partial charge in [0.1, 0.15) is 5.69 Å². The fourth-order valence-electron chi connectivity index (χ4n) is 4.21. The number of rotatable bonds is 3. The Morgan fingerprint density at radius 2 is 2.23 bits per heavy atom. The lowest BCUT2D eigenvalue weighted by atomic mass is 9.70. The summed E-state index contributed by atoms with van der Waals surface area (Å²) in [5.41, 5.74) is 0.558. The fourth-order valence-corrected chi connectivity index (χ4v) is 4.81. The summed E-state index contributed by atoms with van der Waals surface area (Å²) in [7, 11) is 0. The Labute approximate surface area is 135 Å². The molecule has 3 aliphatic rings. The molecule has 22 heavy (non-hydrogen) atoms. The second-order valence-corrected chi connectivity index (χ2v) is 7.69. The van der Waals surface area contributed by atoms with Crippen LogP contribution in [0.5, 0.6) is 0 Å². The predicted octanol–water partition coefficient (Wildman–Crippen LogP) is 1.82. The highest BCUT2D eigenvalue weighted by Crippen LogP contribution is 2.42. The zero-order valence-electron chi connectivity index (χ0n) is 13.0. The molecule has 1 N–H and O–H groups in total. The van der Waals surface area contributed by atoms with Gasteiger partial charge in [-0.2, -0.15) is 0 Å². The van der Waals surface area contributed by atoms with Crippen LogP contribution in [0.15, 0.2) is 5.38 Å². The van der Waals surface area contributed by atoms with Crippen LogP contribution in [-0.4, -0.2) is 53.7 Å². The molecule has 5 nitrogen and oxygen atoms in total. The van der Waals surface area contributed by atoms with Crippen molar-refractivity contribution < 1.29 is 9.53 Å². The Morgan fingerprint density at radius 3 is 2.95 bits per heavy atom. The van der Waals surface area contributed by atoms with Crippen LogP contribution in [0.1, 0.15) is 41.2 Å². The molecular weight excluding hydrogens is 298 g/mol. The lowest BCUT2D eigenvalue weighted by Crippen LogP contribution is -2.71. The van der Waals surface area contributed by atoms with Crippen molar-refractivity contribution in [3.8, 4) is 0 Å². The van der Waals surface area contributed by atoms with Gasteiger partial charge in [0.25, 0.3) is 5.91 Å². The average Bonchev–Trinajstić information content (AvgIpc) is 3.13. The minimum absolute atomic E-state index is 0.0262. The number of nitrogens with one attached hydrogen (secondary N) is 1. The summed E-state index contributed by atoms with van der Waals surface area (Å²) in [6, 6.07) is 0.580. The summed E-state index contributed by atoms with van der Waals surface area (Å²) in [6.07, 6.45) is 5.24. The van der Waals surface area contributed by atoms with Crippen LogP contribution in [0.4, 0.5) is 0 Å². The smallest absolute Gasteiger partial charge is 0.271 e. The topological polar surface area (TPSA) is 54.5 Å². The van der Waals surface area contributed by atoms with E-state index in [4.69, 9.17) is 4.74 Å². The summed E-state index contributed by atoms with van der Waals surface area (Å²) in [5.74, 6) is 0.456. The van der Waals surface area contributed by atoms with E-state index in [0.29, 0.717) is 23.8 Å². The maximum absolute atomic E-state index is 12.5. The second-order valence-electron chi connectivity index (χ2n) is 6.63. The van der Waals surface area contributed by atoms with Crippen LogP contribution in [0, 0.1) is 12.8 Å². The number of aromatic nitrogens is 1. The molecule has 1 saturated carbocycles. The molecule has 3 fully saturated rings. The summed E-state index contributed by atoms with van der Waals surface area (Å²) < 4.78 is 5.93. The van der Waals surface area contributed by atoms with Gasteiger partial charge in [0.2, 0.25) is 0 Å². The highest BCUT2D eigenvalue weighted by Gasteiger charge is 2.56. The number of piperidine rings is 1. The summed E-state index contributed by atoms with van der Waals surface area (Å²) in [6.45, 7) is 5.04. The van der Waals surface area contributed by atoms with Gasteiger partial charge in [-0.15, -0.1) is 11.3 Å². The van der Waals surface area contributed by atoms with E-state index in [9.17, 15) is 4.79 Å². The van der Waals surface area contributed by atoms with Gasteiger partial charge >= 0.3 is 0 Å². The number of fused-ring (bicyclic) bond motifs is 1. The molecule has 120 valence electrons. The van der Waals surface area contributed by atoms with Crippen LogP contribution >= 0.6 is 11.3 Å². The van der Waals surface area contributed by atoms with Gasteiger partial charge in [-0.1, -0.05) is 6.42 Å². The van der Waals surface area contributed by atoms with Crippen molar-refractivity contribution in [2.45, 2.75) is 50.8 Å². The van der Waals surface area contributed by atoms with Crippen molar-refractivity contribution in [3.63, 3.8) is 0 Å². The van der Waals surface area contributed by atoms with E-state index in [2.05, 4.69) is 15.2 Å². The highest BCUT2D eigenvalue weighted by atomic mass is 32.1. The van der Waals surface area contributed by atoms with E-state index in [1.54, 1.807) is 0 Å². The van der Waals surface area contributed by atoms with Crippen molar-refractivity contribution in [2.75, 3.05) is 19.7 Å². The number of hydrogen-bond donors (Lipinski definition) is 1. The molecule has 4 rings (SSSR count). The first-order valence-electron chi connectivity index (χ1n) is 8.33. The van der Waals surface area contributed by atoms with E-state index < -0.39 is 0 Å². The van der Waals surface area contributed by atoms with Gasteiger partial charge in [-0.25, -0.2) is 4.98 Å². The summed E-state index contributed by atoms with van der Waals surface area (Å²) in [4.78, 5) is 19.3. The Morgan fingerprint density at radius 1 is 1.41 bits per heavy atom. The molecule has 0 spiro atoms. The van der Waals surface area contributed by atoms with Crippen LogP contribution in [0.25, 0.3) is 0 Å². The Hall–Kier alpha value is -0.980. The number of aryl methyl sites for hydroxylation is 1. The largest absolute Gasteiger partial charge is 0.376 e. The van der Waals surface area contributed by atoms with Crippen LogP contribution < -0.4 is 5.32 Å². The van der Waals surface area contributed by atoms with Gasteiger partial charge in [0.05, 0.1) is 23.2 Å². The van der Waals surface area contributed by atoms with E-state index >= 15 is 0 Å². The molecule has 2 aliphatic heterocycles. The third-order valence-electron chi connectivity index (χ3n) is 5.31. The monoisotopic (exact) mass is 321 g/mol. The number of carbonyl (C=O) groups excluding carboxylic acids is 1. The fraction of sp³-hybridized carbons (Fsp3) is 0.750. The first kappa shape index (κ1) is 14.6. The number of hydrogen-bond acceptors (Lipinski definition) is 5. The SMILES string of the molecule is Cc1nc(C(=O)N[C@H]2[C@H]3CCO[C@H]3[C@@H]2N2CCCCC2)cs1. The van der Waals surface area contributed by atoms with Crippen molar-refractivity contribution in [1.29, 1.82) is 0 Å². The third-order valence-corrected chi connectivity index (χ3v) is 6.08. The molecule has 0 radical (unpaired) electrons. The molecule has 0 aromatic carbocycles. The molecule has 2 saturated heterocycles. The van der Waals surface area contributed by atoms with Gasteiger partial charge in [0, 0.05) is 17.9 Å². The number of amides is 1. The van der Waals surface area contributed by atoms with Crippen molar-refractivity contribution in [2.24, 2.45) is 5.92 Å². The average molecular weight is 321 g/mol. The zero-order chi connectivity index (χ0) is 15.1. The molecule has 1 aromatic rings. The van der Waals surface area contributed by atoms with Crippen LogP contribution in [0.3, 0.4) is 0 Å². The van der Waals surface area contributed by atoms with E-state index in [0.717, 1.165) is 31.1 Å². The normalized spacial score (nSPS) is 35.0. The Balaban J connectivity index is 1.47. The van der Waals surface area contributed by atoms with Gasteiger partial charge in [0.15, 0.2) is 0 Å².